The van der Waals surface area contributed by atoms with Crippen LogP contribution in [0.1, 0.15) is 12.5 Å². The van der Waals surface area contributed by atoms with Crippen LogP contribution in [-0.2, 0) is 0 Å². The molecule has 0 aliphatic heterocycles. The van der Waals surface area contributed by atoms with E-state index < -0.39 is 0 Å². The molecule has 98 valence electrons. The third-order valence-electron chi connectivity index (χ3n) is 3.69. The van der Waals surface area contributed by atoms with Crippen molar-refractivity contribution in [2.75, 3.05) is 0 Å². The first-order valence-corrected chi connectivity index (χ1v) is 7.45. The van der Waals surface area contributed by atoms with E-state index in [-0.39, 0.29) is 0 Å². The van der Waals surface area contributed by atoms with E-state index in [1.54, 1.807) is 0 Å². The lowest BCUT2D eigenvalue weighted by atomic mass is 9.92. The first-order chi connectivity index (χ1) is 9.77. The van der Waals surface area contributed by atoms with Gasteiger partial charge in [-0.15, -0.1) is 0 Å². The third kappa shape index (κ3) is 1.90. The minimum Gasteiger partial charge on any atom is -0.0985 e. The number of hydrogen-bond acceptors (Lipinski definition) is 0. The number of halogens is 1. The fraction of sp³-hybridized carbons (Fsp3) is 0.0526. The van der Waals surface area contributed by atoms with Crippen LogP contribution in [0.25, 0.3) is 27.1 Å². The van der Waals surface area contributed by atoms with E-state index in [4.69, 9.17) is 0 Å². The lowest BCUT2D eigenvalue weighted by Gasteiger charge is -2.14. The van der Waals surface area contributed by atoms with Crippen LogP contribution in [0, 0.1) is 0 Å². The van der Waals surface area contributed by atoms with Crippen molar-refractivity contribution in [1.82, 2.24) is 0 Å². The summed E-state index contributed by atoms with van der Waals surface area (Å²) in [7, 11) is 0. The normalized spacial score (nSPS) is 12.0. The summed E-state index contributed by atoms with van der Waals surface area (Å²) in [6.45, 7) is 6.02. The topological polar surface area (TPSA) is 0 Å². The predicted molar refractivity (Wildman–Crippen MR) is 93.0 cm³/mol. The molecular formula is C19H15Br. The van der Waals surface area contributed by atoms with Gasteiger partial charge in [-0.3, -0.25) is 0 Å². The number of hydrogen-bond donors (Lipinski definition) is 0. The fourth-order valence-corrected chi connectivity index (χ4v) is 3.44. The first-order valence-electron chi connectivity index (χ1n) is 6.66. The van der Waals surface area contributed by atoms with Gasteiger partial charge in [0, 0.05) is 4.47 Å². The molecule has 0 saturated heterocycles. The molecule has 3 rings (SSSR count). The van der Waals surface area contributed by atoms with Crippen LogP contribution in [0.3, 0.4) is 0 Å². The van der Waals surface area contributed by atoms with Crippen molar-refractivity contribution in [2.24, 2.45) is 0 Å². The second-order valence-corrected chi connectivity index (χ2v) is 5.52. The van der Waals surface area contributed by atoms with E-state index in [9.17, 15) is 0 Å². The Balaban J connectivity index is 2.63. The lowest BCUT2D eigenvalue weighted by molar-refractivity contribution is 1.67. The predicted octanol–water partition coefficient (Wildman–Crippen LogP) is 6.34. The van der Waals surface area contributed by atoms with Gasteiger partial charge in [0.2, 0.25) is 0 Å². The van der Waals surface area contributed by atoms with Crippen LogP contribution < -0.4 is 0 Å². The summed E-state index contributed by atoms with van der Waals surface area (Å²) in [5.41, 5.74) is 2.43. The first kappa shape index (κ1) is 13.1. The minimum absolute atomic E-state index is 1.16. The molecule has 0 unspecified atom stereocenters. The highest BCUT2D eigenvalue weighted by atomic mass is 79.9. The monoisotopic (exact) mass is 322 g/mol. The Morgan fingerprint density at radius 3 is 1.75 bits per heavy atom. The molecular weight excluding hydrogens is 308 g/mol. The maximum Gasteiger partial charge on any atom is 0.0332 e. The Bertz CT molecular complexity index is 784. The summed E-state index contributed by atoms with van der Waals surface area (Å²) < 4.78 is 1.16. The molecule has 0 nitrogen and oxygen atoms in total. The van der Waals surface area contributed by atoms with Crippen LogP contribution in [0.5, 0.6) is 0 Å². The molecule has 3 aromatic carbocycles. The van der Waals surface area contributed by atoms with Gasteiger partial charge in [0.05, 0.1) is 0 Å². The molecule has 3 aromatic rings. The summed E-state index contributed by atoms with van der Waals surface area (Å²) in [5.74, 6) is 0. The van der Waals surface area contributed by atoms with Gasteiger partial charge in [0.1, 0.15) is 0 Å². The molecule has 0 radical (unpaired) electrons. The van der Waals surface area contributed by atoms with Gasteiger partial charge in [-0.05, 0) is 55.5 Å². The van der Waals surface area contributed by atoms with E-state index in [0.717, 1.165) is 4.47 Å². The Morgan fingerprint density at radius 2 is 1.35 bits per heavy atom. The van der Waals surface area contributed by atoms with E-state index >= 15 is 0 Å². The summed E-state index contributed by atoms with van der Waals surface area (Å²) in [6.07, 6.45) is 4.05. The Hall–Kier alpha value is -1.86. The van der Waals surface area contributed by atoms with Gasteiger partial charge < -0.3 is 0 Å². The van der Waals surface area contributed by atoms with Gasteiger partial charge in [-0.2, -0.15) is 0 Å². The number of benzene rings is 3. The summed E-state index contributed by atoms with van der Waals surface area (Å²) >= 11 is 3.76. The molecule has 20 heavy (non-hydrogen) atoms. The average molecular weight is 323 g/mol. The van der Waals surface area contributed by atoms with E-state index in [1.807, 2.05) is 6.08 Å². The van der Waals surface area contributed by atoms with Crippen LogP contribution in [0.4, 0.5) is 0 Å². The molecule has 0 fully saturated rings. The van der Waals surface area contributed by atoms with Crippen molar-refractivity contribution in [3.05, 3.63) is 77.3 Å². The van der Waals surface area contributed by atoms with Crippen LogP contribution in [0.2, 0.25) is 0 Å². The molecule has 0 aliphatic carbocycles. The third-order valence-corrected chi connectivity index (χ3v) is 4.54. The van der Waals surface area contributed by atoms with Crippen molar-refractivity contribution in [1.29, 1.82) is 0 Å². The van der Waals surface area contributed by atoms with Crippen LogP contribution >= 0.6 is 15.9 Å². The minimum atomic E-state index is 1.16. The Morgan fingerprint density at radius 1 is 0.900 bits per heavy atom. The standard InChI is InChI=1S/C19H15Br/c1-3-13(4-2)18-14-9-5-7-11-16(14)19(20)17-12-8-6-10-15(17)18/h3-12H,1H2,2H3. The van der Waals surface area contributed by atoms with Crippen molar-refractivity contribution in [2.45, 2.75) is 6.92 Å². The van der Waals surface area contributed by atoms with Gasteiger partial charge in [-0.25, -0.2) is 0 Å². The van der Waals surface area contributed by atoms with E-state index in [2.05, 4.69) is 84.0 Å². The zero-order valence-corrected chi connectivity index (χ0v) is 12.9. The zero-order valence-electron chi connectivity index (χ0n) is 11.4. The molecule has 0 aliphatic rings. The number of allylic oxidation sites excluding steroid dienone is 3. The molecule has 0 saturated carbocycles. The van der Waals surface area contributed by atoms with Gasteiger partial charge in [-0.1, -0.05) is 67.3 Å². The maximum atomic E-state index is 3.96. The maximum absolute atomic E-state index is 3.96. The summed E-state index contributed by atoms with van der Waals surface area (Å²) in [6, 6.07) is 17.0. The second kappa shape index (κ2) is 5.26. The smallest absolute Gasteiger partial charge is 0.0332 e. The number of rotatable bonds is 2. The molecule has 0 atom stereocenters. The average Bonchev–Trinajstić information content (AvgIpc) is 2.51. The van der Waals surface area contributed by atoms with Gasteiger partial charge >= 0.3 is 0 Å². The second-order valence-electron chi connectivity index (χ2n) is 4.73. The molecule has 0 heterocycles. The molecule has 1 heteroatoms. The molecule has 0 N–H and O–H groups in total. The van der Waals surface area contributed by atoms with Gasteiger partial charge in [0.15, 0.2) is 0 Å². The highest BCUT2D eigenvalue weighted by Crippen LogP contribution is 2.39. The summed E-state index contributed by atoms with van der Waals surface area (Å²) in [4.78, 5) is 0. The van der Waals surface area contributed by atoms with Crippen molar-refractivity contribution >= 4 is 43.0 Å². The molecule has 0 aromatic heterocycles. The Labute approximate surface area is 127 Å². The largest absolute Gasteiger partial charge is 0.0985 e. The van der Waals surface area contributed by atoms with Gasteiger partial charge in [0.25, 0.3) is 0 Å². The SMILES string of the molecule is C=CC(=CC)c1c2ccccc2c(Br)c2ccccc12. The van der Waals surface area contributed by atoms with Crippen molar-refractivity contribution in [3.63, 3.8) is 0 Å². The molecule has 0 bridgehead atoms. The Kier molecular flexibility index (Phi) is 3.45. The van der Waals surface area contributed by atoms with Crippen LogP contribution in [-0.4, -0.2) is 0 Å². The fourth-order valence-electron chi connectivity index (χ4n) is 2.75. The van der Waals surface area contributed by atoms with Crippen molar-refractivity contribution < 1.29 is 0 Å². The van der Waals surface area contributed by atoms with E-state index in [0.29, 0.717) is 0 Å². The summed E-state index contributed by atoms with van der Waals surface area (Å²) in [5, 5.41) is 4.99. The van der Waals surface area contributed by atoms with E-state index in [1.165, 1.54) is 32.7 Å². The van der Waals surface area contributed by atoms with Crippen LogP contribution in [0.15, 0.2) is 71.7 Å². The van der Waals surface area contributed by atoms with Crippen molar-refractivity contribution in [3.8, 4) is 0 Å². The molecule has 0 amide bonds. The highest BCUT2D eigenvalue weighted by Gasteiger charge is 2.12. The number of fused-ring (bicyclic) bond motifs is 2. The molecule has 0 spiro atoms. The zero-order chi connectivity index (χ0) is 14.1. The highest BCUT2D eigenvalue weighted by molar-refractivity contribution is 9.10. The lowest BCUT2D eigenvalue weighted by Crippen LogP contribution is -1.89. The quantitative estimate of drug-likeness (QED) is 0.381.